The van der Waals surface area contributed by atoms with Gasteiger partial charge in [-0.25, -0.2) is 0 Å². The third kappa shape index (κ3) is 15.1. The summed E-state index contributed by atoms with van der Waals surface area (Å²) in [6, 6.07) is 10.6. The third-order valence-electron chi connectivity index (χ3n) is 1.50. The fourth-order valence-electron chi connectivity index (χ4n) is 1.13. The zero-order chi connectivity index (χ0) is 12.8. The van der Waals surface area contributed by atoms with Crippen molar-refractivity contribution >= 4 is 35.6 Å². The van der Waals surface area contributed by atoms with Crippen LogP contribution in [0, 0.1) is 0 Å². The summed E-state index contributed by atoms with van der Waals surface area (Å²) in [7, 11) is 26.6. The van der Waals surface area contributed by atoms with Crippen LogP contribution in [0.25, 0.3) is 0 Å². The van der Waals surface area contributed by atoms with E-state index in [4.69, 9.17) is 35.6 Å². The second-order valence-corrected chi connectivity index (χ2v) is 23.5. The van der Waals surface area contributed by atoms with Crippen molar-refractivity contribution in [3.05, 3.63) is 35.9 Å². The quantitative estimate of drug-likeness (QED) is 0.506. The first kappa shape index (κ1) is 17.1. The van der Waals surface area contributed by atoms with Gasteiger partial charge >= 0.3 is 49.6 Å². The maximum atomic E-state index is 5.01. The van der Waals surface area contributed by atoms with E-state index in [0.717, 1.165) is 11.0 Å². The average Bonchev–Trinajstić information content (AvgIpc) is 1.99. The number of quaternary nitrogens is 1. The van der Waals surface area contributed by atoms with E-state index in [1.165, 1.54) is 5.56 Å². The number of halogens is 5. The molecule has 0 saturated carbocycles. The molecule has 0 atom stereocenters. The monoisotopic (exact) mass is 417 g/mol. The van der Waals surface area contributed by atoms with Crippen molar-refractivity contribution in [1.82, 2.24) is 0 Å². The molecule has 1 aromatic carbocycles. The normalized spacial score (nSPS) is 12.7. The fourth-order valence-corrected chi connectivity index (χ4v) is 1.13. The summed E-state index contributed by atoms with van der Waals surface area (Å²) >= 11 is -3.05. The molecule has 0 aliphatic rings. The standard InChI is InChI=1S/C10H16N.Cl4I/c1-11(2,3)9-10-7-5-4-6-8-10;1-5(2,3)4/h4-8H,9H2,1-3H3;/q+1;-1. The Labute approximate surface area is 117 Å². The zero-order valence-corrected chi connectivity index (χ0v) is 14.6. The number of rotatable bonds is 2. The van der Waals surface area contributed by atoms with Crippen LogP contribution < -0.4 is 13.9 Å². The molecule has 0 aromatic heterocycles. The summed E-state index contributed by atoms with van der Waals surface area (Å²) in [6.07, 6.45) is 0. The molecule has 0 unspecified atom stereocenters. The number of benzene rings is 1. The predicted octanol–water partition coefficient (Wildman–Crippen LogP) is 1.65. The van der Waals surface area contributed by atoms with Gasteiger partial charge in [-0.1, -0.05) is 30.3 Å². The van der Waals surface area contributed by atoms with Crippen molar-refractivity contribution in [2.45, 2.75) is 6.54 Å². The first-order chi connectivity index (χ1) is 7.08. The molecule has 0 bridgehead atoms. The summed E-state index contributed by atoms with van der Waals surface area (Å²) < 4.78 is 0.990. The van der Waals surface area contributed by atoms with Gasteiger partial charge in [0.05, 0.1) is 21.1 Å². The molecule has 1 rings (SSSR count). The fraction of sp³-hybridized carbons (Fsp3) is 0.400. The molecule has 0 spiro atoms. The van der Waals surface area contributed by atoms with E-state index < -0.39 is 13.9 Å². The van der Waals surface area contributed by atoms with E-state index in [2.05, 4.69) is 51.5 Å². The Bertz CT molecular complexity index is 286. The van der Waals surface area contributed by atoms with E-state index in [0.29, 0.717) is 0 Å². The molecule has 0 fully saturated rings. The van der Waals surface area contributed by atoms with E-state index >= 15 is 0 Å². The molecule has 0 radical (unpaired) electrons. The van der Waals surface area contributed by atoms with Crippen molar-refractivity contribution in [2.24, 2.45) is 0 Å². The van der Waals surface area contributed by atoms with Crippen molar-refractivity contribution in [3.8, 4) is 0 Å². The van der Waals surface area contributed by atoms with Crippen LogP contribution >= 0.6 is 35.6 Å². The summed E-state index contributed by atoms with van der Waals surface area (Å²) in [4.78, 5) is 0. The Balaban J connectivity index is 0.000000385. The molecule has 0 aliphatic carbocycles. The van der Waals surface area contributed by atoms with Gasteiger partial charge in [-0.3, -0.25) is 0 Å². The van der Waals surface area contributed by atoms with Crippen LogP contribution in [0.4, 0.5) is 0 Å². The Kier molecular flexibility index (Phi) is 7.99. The van der Waals surface area contributed by atoms with Crippen molar-refractivity contribution in [1.29, 1.82) is 0 Å². The van der Waals surface area contributed by atoms with Crippen LogP contribution in [-0.4, -0.2) is 25.6 Å². The van der Waals surface area contributed by atoms with Gasteiger partial charge in [0.1, 0.15) is 6.54 Å². The van der Waals surface area contributed by atoms with Crippen LogP contribution in [0.15, 0.2) is 30.3 Å². The maximum absolute atomic E-state index is 5.01. The number of hydrogen-bond donors (Lipinski definition) is 0. The molecule has 6 heteroatoms. The topological polar surface area (TPSA) is 0 Å². The number of nitrogens with zero attached hydrogens (tertiary/aromatic N) is 1. The number of hydrogen-bond acceptors (Lipinski definition) is 0. The van der Waals surface area contributed by atoms with Crippen molar-refractivity contribution in [3.63, 3.8) is 0 Å². The van der Waals surface area contributed by atoms with E-state index in [9.17, 15) is 0 Å². The van der Waals surface area contributed by atoms with Gasteiger partial charge < -0.3 is 4.48 Å². The summed E-state index contributed by atoms with van der Waals surface area (Å²) in [5.41, 5.74) is 1.40. The average molecular weight is 419 g/mol. The molecule has 0 amide bonds. The minimum absolute atomic E-state index is 0.990. The van der Waals surface area contributed by atoms with Gasteiger partial charge in [-0.15, -0.1) is 0 Å². The molecular formula is C10H16Cl4IN. The second kappa shape index (κ2) is 7.49. The van der Waals surface area contributed by atoms with Crippen molar-refractivity contribution < 1.29 is 18.4 Å². The molecule has 1 aromatic rings. The van der Waals surface area contributed by atoms with Crippen LogP contribution in [-0.2, 0) is 6.54 Å². The SMILES string of the molecule is C[N+](C)(C)Cc1ccccc1.Cl[I-](Cl)(Cl)Cl. The van der Waals surface area contributed by atoms with E-state index in [1.807, 2.05) is 0 Å². The van der Waals surface area contributed by atoms with Gasteiger partial charge in [-0.2, -0.15) is 0 Å². The van der Waals surface area contributed by atoms with Gasteiger partial charge in [0, 0.05) is 5.56 Å². The van der Waals surface area contributed by atoms with Gasteiger partial charge in [-0.05, 0) is 0 Å². The Morgan fingerprint density at radius 2 is 1.31 bits per heavy atom. The molecule has 96 valence electrons. The molecule has 0 aliphatic heterocycles. The zero-order valence-electron chi connectivity index (χ0n) is 9.43. The van der Waals surface area contributed by atoms with Gasteiger partial charge in [0.15, 0.2) is 0 Å². The first-order valence-corrected chi connectivity index (χ1v) is 15.4. The predicted molar refractivity (Wildman–Crippen MR) is 71.6 cm³/mol. The van der Waals surface area contributed by atoms with Crippen LogP contribution in [0.2, 0.25) is 0 Å². The van der Waals surface area contributed by atoms with Crippen LogP contribution in [0.5, 0.6) is 0 Å². The Morgan fingerprint density at radius 1 is 0.938 bits per heavy atom. The molecular weight excluding hydrogens is 403 g/mol. The molecule has 0 heterocycles. The Morgan fingerprint density at radius 3 is 1.62 bits per heavy atom. The van der Waals surface area contributed by atoms with Gasteiger partial charge in [0.25, 0.3) is 0 Å². The molecule has 0 saturated heterocycles. The molecule has 1 nitrogen and oxygen atoms in total. The summed E-state index contributed by atoms with van der Waals surface area (Å²) in [5, 5.41) is 0. The van der Waals surface area contributed by atoms with Crippen molar-refractivity contribution in [2.75, 3.05) is 21.1 Å². The van der Waals surface area contributed by atoms with Crippen LogP contribution in [0.1, 0.15) is 5.56 Å². The first-order valence-electron chi connectivity index (χ1n) is 4.49. The summed E-state index contributed by atoms with van der Waals surface area (Å²) in [5.74, 6) is 0. The van der Waals surface area contributed by atoms with Gasteiger partial charge in [0.2, 0.25) is 0 Å². The second-order valence-electron chi connectivity index (χ2n) is 4.26. The summed E-state index contributed by atoms with van der Waals surface area (Å²) in [6.45, 7) is 1.10. The third-order valence-corrected chi connectivity index (χ3v) is 1.50. The van der Waals surface area contributed by atoms with E-state index in [-0.39, 0.29) is 0 Å². The molecule has 16 heavy (non-hydrogen) atoms. The van der Waals surface area contributed by atoms with Crippen LogP contribution in [0.3, 0.4) is 0 Å². The minimum atomic E-state index is -3.05. The van der Waals surface area contributed by atoms with E-state index in [1.54, 1.807) is 0 Å². The Hall–Kier alpha value is 1.07. The molecule has 0 N–H and O–H groups in total.